The molecule has 1 aliphatic heterocycles. The molecule has 1 atom stereocenters. The van der Waals surface area contributed by atoms with E-state index in [0.29, 0.717) is 19.4 Å². The molecule has 0 radical (unpaired) electrons. The molecule has 0 aromatic heterocycles. The van der Waals surface area contributed by atoms with Crippen molar-refractivity contribution in [1.29, 1.82) is 0 Å². The number of nitrogens with one attached hydrogen (secondary N) is 2. The monoisotopic (exact) mass is 381 g/mol. The van der Waals surface area contributed by atoms with E-state index in [1.54, 1.807) is 7.11 Å². The van der Waals surface area contributed by atoms with Crippen LogP contribution in [0.3, 0.4) is 0 Å². The molecular formula is C21H23N3O4. The second-order valence-electron chi connectivity index (χ2n) is 6.53. The number of carbonyl (C=O) groups excluding carboxylic acids is 3. The molecule has 1 unspecified atom stereocenters. The summed E-state index contributed by atoms with van der Waals surface area (Å²) in [7, 11) is 1.60. The first-order valence-corrected chi connectivity index (χ1v) is 9.13. The van der Waals surface area contributed by atoms with Crippen LogP contribution in [0, 0.1) is 0 Å². The molecule has 7 heteroatoms. The highest BCUT2D eigenvalue weighted by molar-refractivity contribution is 6.06. The third-order valence-corrected chi connectivity index (χ3v) is 4.60. The summed E-state index contributed by atoms with van der Waals surface area (Å²) >= 11 is 0. The minimum atomic E-state index is -0.642. The number of amides is 4. The van der Waals surface area contributed by atoms with Gasteiger partial charge in [-0.05, 0) is 23.6 Å². The lowest BCUT2D eigenvalue weighted by molar-refractivity contribution is -0.132. The molecule has 0 saturated carbocycles. The van der Waals surface area contributed by atoms with Crippen molar-refractivity contribution in [3.8, 4) is 5.75 Å². The number of para-hydroxylation sites is 1. The topological polar surface area (TPSA) is 87.7 Å². The first kappa shape index (κ1) is 19.4. The first-order valence-electron chi connectivity index (χ1n) is 9.13. The minimum absolute atomic E-state index is 0.290. The van der Waals surface area contributed by atoms with Crippen LogP contribution in [0.1, 0.15) is 11.1 Å². The summed E-state index contributed by atoms with van der Waals surface area (Å²) in [5, 5.41) is 5.39. The molecule has 7 nitrogen and oxygen atoms in total. The van der Waals surface area contributed by atoms with Gasteiger partial charge in [0.15, 0.2) is 0 Å². The number of imide groups is 1. The maximum Gasteiger partial charge on any atom is 0.325 e. The van der Waals surface area contributed by atoms with Gasteiger partial charge in [0.05, 0.1) is 7.11 Å². The van der Waals surface area contributed by atoms with Crippen molar-refractivity contribution in [3.63, 3.8) is 0 Å². The Bertz CT molecular complexity index is 854. The fraction of sp³-hybridized carbons (Fsp3) is 0.286. The standard InChI is InChI=1S/C21H23N3O4/c1-28-18-10-6-5-9-16(18)11-12-22-19(25)14-24-20(26)17(23-21(24)27)13-15-7-3-2-4-8-15/h2-10,17H,11-14H2,1H3,(H,22,25)(H,23,27). The third-order valence-electron chi connectivity index (χ3n) is 4.60. The number of carbonyl (C=O) groups is 3. The normalized spacial score (nSPS) is 16.0. The molecule has 146 valence electrons. The molecular weight excluding hydrogens is 358 g/mol. The Kier molecular flexibility index (Phi) is 6.26. The quantitative estimate of drug-likeness (QED) is 0.679. The number of hydrogen-bond acceptors (Lipinski definition) is 4. The second kappa shape index (κ2) is 9.03. The van der Waals surface area contributed by atoms with Crippen LogP contribution >= 0.6 is 0 Å². The fourth-order valence-corrected chi connectivity index (χ4v) is 3.16. The van der Waals surface area contributed by atoms with Gasteiger partial charge in [0.1, 0.15) is 18.3 Å². The van der Waals surface area contributed by atoms with Gasteiger partial charge < -0.3 is 15.4 Å². The highest BCUT2D eigenvalue weighted by Gasteiger charge is 2.38. The van der Waals surface area contributed by atoms with E-state index in [1.807, 2.05) is 54.6 Å². The minimum Gasteiger partial charge on any atom is -0.496 e. The average molecular weight is 381 g/mol. The summed E-state index contributed by atoms with van der Waals surface area (Å²) in [5.74, 6) is 0.00194. The lowest BCUT2D eigenvalue weighted by atomic mass is 10.1. The molecule has 3 rings (SSSR count). The summed E-state index contributed by atoms with van der Waals surface area (Å²) in [6.45, 7) is 0.0954. The van der Waals surface area contributed by atoms with E-state index in [1.165, 1.54) is 0 Å². The number of benzene rings is 2. The molecule has 0 bridgehead atoms. The number of nitrogens with zero attached hydrogens (tertiary/aromatic N) is 1. The summed E-state index contributed by atoms with van der Waals surface area (Å²) in [6, 6.07) is 15.8. The van der Waals surface area contributed by atoms with Crippen molar-refractivity contribution in [1.82, 2.24) is 15.5 Å². The average Bonchev–Trinajstić information content (AvgIpc) is 2.96. The molecule has 2 aromatic rings. The Morgan fingerprint density at radius 1 is 1.11 bits per heavy atom. The van der Waals surface area contributed by atoms with Gasteiger partial charge in [-0.15, -0.1) is 0 Å². The smallest absolute Gasteiger partial charge is 0.325 e. The summed E-state index contributed by atoms with van der Waals surface area (Å²) in [6.07, 6.45) is 0.990. The maximum absolute atomic E-state index is 12.5. The van der Waals surface area contributed by atoms with Gasteiger partial charge in [-0.25, -0.2) is 4.79 Å². The van der Waals surface area contributed by atoms with E-state index in [4.69, 9.17) is 4.74 Å². The number of urea groups is 1. The van der Waals surface area contributed by atoms with Crippen molar-refractivity contribution < 1.29 is 19.1 Å². The van der Waals surface area contributed by atoms with Crippen molar-refractivity contribution >= 4 is 17.8 Å². The van der Waals surface area contributed by atoms with Crippen molar-refractivity contribution in [2.24, 2.45) is 0 Å². The molecule has 2 N–H and O–H groups in total. The molecule has 0 spiro atoms. The third kappa shape index (κ3) is 4.68. The summed E-state index contributed by atoms with van der Waals surface area (Å²) in [4.78, 5) is 37.7. The van der Waals surface area contributed by atoms with Crippen LogP contribution in [0.25, 0.3) is 0 Å². The van der Waals surface area contributed by atoms with Gasteiger partial charge in [-0.3, -0.25) is 14.5 Å². The Balaban J connectivity index is 1.49. The summed E-state index contributed by atoms with van der Waals surface area (Å²) in [5.41, 5.74) is 1.92. The zero-order valence-corrected chi connectivity index (χ0v) is 15.7. The molecule has 1 saturated heterocycles. The van der Waals surface area contributed by atoms with Gasteiger partial charge in [0.2, 0.25) is 5.91 Å². The second-order valence-corrected chi connectivity index (χ2v) is 6.53. The van der Waals surface area contributed by atoms with Crippen LogP contribution in [0.2, 0.25) is 0 Å². The Labute approximate surface area is 163 Å². The fourth-order valence-electron chi connectivity index (χ4n) is 3.16. The Hall–Kier alpha value is -3.35. The van der Waals surface area contributed by atoms with Crippen LogP contribution in [-0.4, -0.2) is 49.0 Å². The Morgan fingerprint density at radius 3 is 2.57 bits per heavy atom. The highest BCUT2D eigenvalue weighted by atomic mass is 16.5. The molecule has 1 heterocycles. The van der Waals surface area contributed by atoms with Gasteiger partial charge in [0, 0.05) is 13.0 Å². The van der Waals surface area contributed by atoms with Crippen molar-refractivity contribution in [2.45, 2.75) is 18.9 Å². The van der Waals surface area contributed by atoms with Gasteiger partial charge in [-0.1, -0.05) is 48.5 Å². The molecule has 1 fully saturated rings. The Morgan fingerprint density at radius 2 is 1.82 bits per heavy atom. The predicted octanol–water partition coefficient (Wildman–Crippen LogP) is 1.52. The maximum atomic E-state index is 12.5. The molecule has 2 aromatic carbocycles. The number of rotatable bonds is 8. The lowest BCUT2D eigenvalue weighted by Crippen LogP contribution is -2.41. The van der Waals surface area contributed by atoms with E-state index >= 15 is 0 Å². The van der Waals surface area contributed by atoms with Crippen LogP contribution in [0.5, 0.6) is 5.75 Å². The van der Waals surface area contributed by atoms with E-state index in [9.17, 15) is 14.4 Å². The number of hydrogen-bond donors (Lipinski definition) is 2. The van der Waals surface area contributed by atoms with Crippen LogP contribution < -0.4 is 15.4 Å². The lowest BCUT2D eigenvalue weighted by Gasteiger charge is -2.13. The molecule has 0 aliphatic carbocycles. The number of ether oxygens (including phenoxy) is 1. The summed E-state index contributed by atoms with van der Waals surface area (Å²) < 4.78 is 5.28. The zero-order valence-electron chi connectivity index (χ0n) is 15.7. The molecule has 1 aliphatic rings. The molecule has 28 heavy (non-hydrogen) atoms. The van der Waals surface area contributed by atoms with Crippen LogP contribution in [0.4, 0.5) is 4.79 Å². The van der Waals surface area contributed by atoms with E-state index in [0.717, 1.165) is 21.8 Å². The largest absolute Gasteiger partial charge is 0.496 e. The first-order chi connectivity index (χ1) is 13.6. The predicted molar refractivity (Wildman–Crippen MR) is 104 cm³/mol. The van der Waals surface area contributed by atoms with Crippen molar-refractivity contribution in [3.05, 3.63) is 65.7 Å². The van der Waals surface area contributed by atoms with E-state index in [2.05, 4.69) is 10.6 Å². The van der Waals surface area contributed by atoms with Crippen molar-refractivity contribution in [2.75, 3.05) is 20.2 Å². The van der Waals surface area contributed by atoms with Crippen LogP contribution in [0.15, 0.2) is 54.6 Å². The van der Waals surface area contributed by atoms with Gasteiger partial charge in [0.25, 0.3) is 5.91 Å². The van der Waals surface area contributed by atoms with Crippen LogP contribution in [-0.2, 0) is 22.4 Å². The van der Waals surface area contributed by atoms with Gasteiger partial charge >= 0.3 is 6.03 Å². The SMILES string of the molecule is COc1ccccc1CCNC(=O)CN1C(=O)NC(Cc2ccccc2)C1=O. The highest BCUT2D eigenvalue weighted by Crippen LogP contribution is 2.17. The van der Waals surface area contributed by atoms with E-state index in [-0.39, 0.29) is 18.4 Å². The van der Waals surface area contributed by atoms with E-state index < -0.39 is 12.1 Å². The number of methoxy groups -OCH3 is 1. The molecule has 4 amide bonds. The zero-order chi connectivity index (χ0) is 19.9. The van der Waals surface area contributed by atoms with Gasteiger partial charge in [-0.2, -0.15) is 0 Å².